The lowest BCUT2D eigenvalue weighted by atomic mass is 10.1. The van der Waals surface area contributed by atoms with Crippen molar-refractivity contribution in [1.29, 1.82) is 0 Å². The Morgan fingerprint density at radius 1 is 1.28 bits per heavy atom. The van der Waals surface area contributed by atoms with Crippen molar-refractivity contribution in [3.63, 3.8) is 0 Å². The van der Waals surface area contributed by atoms with Crippen LogP contribution in [0, 0.1) is 5.92 Å². The van der Waals surface area contributed by atoms with Crippen LogP contribution in [0.5, 0.6) is 11.5 Å². The van der Waals surface area contributed by atoms with Gasteiger partial charge in [0.25, 0.3) is 0 Å². The number of ether oxygens (including phenoxy) is 3. The molecule has 1 atom stereocenters. The first-order valence-electron chi connectivity index (χ1n) is 8.44. The maximum Gasteiger partial charge on any atom is 0.191 e. The molecule has 1 aliphatic carbocycles. The minimum Gasteiger partial charge on any atom is -0.497 e. The molecular weight excluding hydrogens is 433 g/mol. The maximum absolute atomic E-state index is 5.63. The van der Waals surface area contributed by atoms with Gasteiger partial charge in [0.15, 0.2) is 5.96 Å². The number of hydrogen-bond acceptors (Lipinski definition) is 4. The first kappa shape index (κ1) is 21.8. The fraction of sp³-hybridized carbons (Fsp3) is 0.611. The second-order valence-corrected chi connectivity index (χ2v) is 5.99. The van der Waals surface area contributed by atoms with Gasteiger partial charge in [0.05, 0.1) is 26.9 Å². The summed E-state index contributed by atoms with van der Waals surface area (Å²) in [6.45, 7) is 4.36. The van der Waals surface area contributed by atoms with E-state index in [1.165, 1.54) is 12.8 Å². The van der Waals surface area contributed by atoms with E-state index in [9.17, 15) is 0 Å². The fourth-order valence-electron chi connectivity index (χ4n) is 2.43. The third-order valence-corrected chi connectivity index (χ3v) is 4.07. The summed E-state index contributed by atoms with van der Waals surface area (Å²) in [5, 5.41) is 6.64. The van der Waals surface area contributed by atoms with Crippen molar-refractivity contribution >= 4 is 29.9 Å². The quantitative estimate of drug-likeness (QED) is 0.255. The number of nitrogens with one attached hydrogen (secondary N) is 2. The zero-order valence-electron chi connectivity index (χ0n) is 15.5. The Bertz CT molecular complexity index is 550. The Balaban J connectivity index is 0.00000312. The minimum absolute atomic E-state index is 0. The molecule has 6 nitrogen and oxygen atoms in total. The monoisotopic (exact) mass is 463 g/mol. The highest BCUT2D eigenvalue weighted by molar-refractivity contribution is 14.0. The van der Waals surface area contributed by atoms with Crippen LogP contribution in [0.4, 0.5) is 0 Å². The highest BCUT2D eigenvalue weighted by atomic mass is 127. The van der Waals surface area contributed by atoms with Gasteiger partial charge in [-0.3, -0.25) is 4.99 Å². The van der Waals surface area contributed by atoms with Crippen molar-refractivity contribution in [2.45, 2.75) is 25.8 Å². The van der Waals surface area contributed by atoms with E-state index in [0.29, 0.717) is 6.61 Å². The van der Waals surface area contributed by atoms with Crippen LogP contribution in [0.1, 0.15) is 31.4 Å². The summed E-state index contributed by atoms with van der Waals surface area (Å²) < 4.78 is 16.4. The van der Waals surface area contributed by atoms with E-state index < -0.39 is 0 Å². The molecule has 2 rings (SSSR count). The summed E-state index contributed by atoms with van der Waals surface area (Å²) in [5.74, 6) is 3.15. The van der Waals surface area contributed by atoms with Crippen molar-refractivity contribution in [2.75, 3.05) is 41.0 Å². The van der Waals surface area contributed by atoms with Crippen LogP contribution in [0.2, 0.25) is 0 Å². The van der Waals surface area contributed by atoms with Crippen LogP contribution in [0.15, 0.2) is 23.2 Å². The number of benzene rings is 1. The Hall–Kier alpha value is -1.22. The molecule has 7 heteroatoms. The molecule has 1 saturated carbocycles. The van der Waals surface area contributed by atoms with Gasteiger partial charge in [-0.05, 0) is 43.9 Å². The van der Waals surface area contributed by atoms with E-state index in [1.807, 2.05) is 18.2 Å². The van der Waals surface area contributed by atoms with Crippen LogP contribution in [0.25, 0.3) is 0 Å². The van der Waals surface area contributed by atoms with E-state index in [0.717, 1.165) is 42.1 Å². The highest BCUT2D eigenvalue weighted by Gasteiger charge is 2.21. The van der Waals surface area contributed by atoms with E-state index in [2.05, 4.69) is 22.5 Å². The van der Waals surface area contributed by atoms with E-state index >= 15 is 0 Å². The van der Waals surface area contributed by atoms with Gasteiger partial charge in [-0.15, -0.1) is 24.0 Å². The molecule has 1 aliphatic rings. The van der Waals surface area contributed by atoms with E-state index in [1.54, 1.807) is 21.3 Å². The number of aliphatic imine (C=N–C) groups is 1. The first-order chi connectivity index (χ1) is 11.7. The lowest BCUT2D eigenvalue weighted by Crippen LogP contribution is -2.40. The summed E-state index contributed by atoms with van der Waals surface area (Å²) in [7, 11) is 5.09. The van der Waals surface area contributed by atoms with Gasteiger partial charge in [-0.25, -0.2) is 0 Å². The molecule has 0 aromatic heterocycles. The molecule has 0 heterocycles. The van der Waals surface area contributed by atoms with Crippen molar-refractivity contribution in [1.82, 2.24) is 10.6 Å². The van der Waals surface area contributed by atoms with Gasteiger partial charge >= 0.3 is 0 Å². The third-order valence-electron chi connectivity index (χ3n) is 4.07. The molecule has 142 valence electrons. The maximum atomic E-state index is 5.63. The summed E-state index contributed by atoms with van der Waals surface area (Å²) in [5.41, 5.74) is 1.02. The standard InChI is InChI=1S/C18H29N3O3.HI/c1-13(16-11-15(22-3)7-8-17(16)23-4)21-18(19-2)20-9-10-24-12-14-5-6-14;/h7-8,11,13-14H,5-6,9-10,12H2,1-4H3,(H2,19,20,21);1H. The van der Waals surface area contributed by atoms with Gasteiger partial charge in [-0.2, -0.15) is 0 Å². The average molecular weight is 463 g/mol. The van der Waals surface area contributed by atoms with E-state index in [-0.39, 0.29) is 30.0 Å². The van der Waals surface area contributed by atoms with Crippen molar-refractivity contribution in [3.8, 4) is 11.5 Å². The number of hydrogen-bond donors (Lipinski definition) is 2. The molecule has 0 aliphatic heterocycles. The zero-order valence-corrected chi connectivity index (χ0v) is 17.8. The van der Waals surface area contributed by atoms with Crippen LogP contribution in [0.3, 0.4) is 0 Å². The summed E-state index contributed by atoms with van der Waals surface area (Å²) in [6.07, 6.45) is 2.63. The Labute approximate surface area is 167 Å². The van der Waals surface area contributed by atoms with E-state index in [4.69, 9.17) is 14.2 Å². The largest absolute Gasteiger partial charge is 0.497 e. The van der Waals surface area contributed by atoms with Crippen LogP contribution in [-0.4, -0.2) is 47.0 Å². The topological polar surface area (TPSA) is 64.1 Å². The lowest BCUT2D eigenvalue weighted by molar-refractivity contribution is 0.129. The summed E-state index contributed by atoms with van der Waals surface area (Å²) >= 11 is 0. The number of rotatable bonds is 9. The molecular formula is C18H30IN3O3. The molecule has 0 saturated heterocycles. The van der Waals surface area contributed by atoms with Gasteiger partial charge in [0, 0.05) is 25.8 Å². The molecule has 0 bridgehead atoms. The Morgan fingerprint density at radius 3 is 2.64 bits per heavy atom. The lowest BCUT2D eigenvalue weighted by Gasteiger charge is -2.20. The highest BCUT2D eigenvalue weighted by Crippen LogP contribution is 2.29. The smallest absolute Gasteiger partial charge is 0.191 e. The molecule has 1 aromatic rings. The predicted octanol–water partition coefficient (Wildman–Crippen LogP) is 2.97. The normalized spacial score (nSPS) is 15.1. The number of nitrogens with zero attached hydrogens (tertiary/aromatic N) is 1. The summed E-state index contributed by atoms with van der Waals surface area (Å²) in [4.78, 5) is 4.26. The minimum atomic E-state index is 0. The van der Waals surface area contributed by atoms with Crippen LogP contribution < -0.4 is 20.1 Å². The zero-order chi connectivity index (χ0) is 17.4. The second kappa shape index (κ2) is 11.4. The van der Waals surface area contributed by atoms with Crippen LogP contribution in [-0.2, 0) is 4.74 Å². The molecule has 2 N–H and O–H groups in total. The van der Waals surface area contributed by atoms with Gasteiger partial charge in [-0.1, -0.05) is 0 Å². The Morgan fingerprint density at radius 2 is 2.04 bits per heavy atom. The number of halogens is 1. The molecule has 1 unspecified atom stereocenters. The predicted molar refractivity (Wildman–Crippen MR) is 111 cm³/mol. The molecule has 1 fully saturated rings. The second-order valence-electron chi connectivity index (χ2n) is 5.99. The molecule has 0 radical (unpaired) electrons. The van der Waals surface area contributed by atoms with Gasteiger partial charge < -0.3 is 24.8 Å². The average Bonchev–Trinajstić information content (AvgIpc) is 3.43. The van der Waals surface area contributed by atoms with Crippen molar-refractivity contribution < 1.29 is 14.2 Å². The van der Waals surface area contributed by atoms with Crippen molar-refractivity contribution in [3.05, 3.63) is 23.8 Å². The third kappa shape index (κ3) is 7.27. The molecule has 25 heavy (non-hydrogen) atoms. The fourth-order valence-corrected chi connectivity index (χ4v) is 2.43. The number of methoxy groups -OCH3 is 2. The number of guanidine groups is 1. The Kier molecular flexibility index (Phi) is 9.96. The molecule has 1 aromatic carbocycles. The first-order valence-corrected chi connectivity index (χ1v) is 8.44. The van der Waals surface area contributed by atoms with Crippen LogP contribution >= 0.6 is 24.0 Å². The molecule has 0 spiro atoms. The van der Waals surface area contributed by atoms with Gasteiger partial charge in [0.1, 0.15) is 11.5 Å². The summed E-state index contributed by atoms with van der Waals surface area (Å²) in [6, 6.07) is 5.80. The SMILES string of the molecule is CN=C(NCCOCC1CC1)NC(C)c1cc(OC)ccc1OC.I. The van der Waals surface area contributed by atoms with Crippen molar-refractivity contribution in [2.24, 2.45) is 10.9 Å². The molecule has 0 amide bonds. The van der Waals surface area contributed by atoms with Gasteiger partial charge in [0.2, 0.25) is 0 Å².